The van der Waals surface area contributed by atoms with Gasteiger partial charge in [-0.05, 0) is 31.6 Å². The van der Waals surface area contributed by atoms with Crippen molar-refractivity contribution in [3.05, 3.63) is 0 Å². The molecule has 1 rings (SSSR count). The molecule has 4 unspecified atom stereocenters. The molecule has 0 radical (unpaired) electrons. The van der Waals surface area contributed by atoms with Crippen LogP contribution < -0.4 is 11.5 Å². The fourth-order valence-corrected chi connectivity index (χ4v) is 2.40. The minimum atomic E-state index is -0.142. The minimum absolute atomic E-state index is 0.142. The van der Waals surface area contributed by atoms with E-state index in [4.69, 9.17) is 11.5 Å². The van der Waals surface area contributed by atoms with Crippen molar-refractivity contribution in [1.29, 1.82) is 0 Å². The van der Waals surface area contributed by atoms with Crippen LogP contribution in [0.2, 0.25) is 0 Å². The number of nitrogens with two attached hydrogens (primary N) is 2. The van der Waals surface area contributed by atoms with Crippen LogP contribution in [0.1, 0.15) is 33.6 Å². The normalized spacial score (nSPS) is 52.6. The molecule has 0 spiro atoms. The summed E-state index contributed by atoms with van der Waals surface area (Å²) >= 11 is 0. The molecule has 4 N–H and O–H groups in total. The van der Waals surface area contributed by atoms with Crippen molar-refractivity contribution in [2.75, 3.05) is 0 Å². The molecular formula is C9H20N2. The lowest BCUT2D eigenvalue weighted by molar-refractivity contribution is 0.163. The predicted molar refractivity (Wildman–Crippen MR) is 48.1 cm³/mol. The van der Waals surface area contributed by atoms with Crippen LogP contribution in [0, 0.1) is 11.8 Å². The molecule has 11 heavy (non-hydrogen) atoms. The smallest absolute Gasteiger partial charge is 0.0284 e. The van der Waals surface area contributed by atoms with Crippen LogP contribution in [0.3, 0.4) is 0 Å². The van der Waals surface area contributed by atoms with Gasteiger partial charge < -0.3 is 11.5 Å². The summed E-state index contributed by atoms with van der Waals surface area (Å²) in [5.41, 5.74) is 11.9. The molecule has 0 aromatic carbocycles. The Morgan fingerprint density at radius 3 is 2.36 bits per heavy atom. The van der Waals surface area contributed by atoms with E-state index in [0.29, 0.717) is 5.92 Å². The third-order valence-electron chi connectivity index (χ3n) is 2.94. The second-order valence-corrected chi connectivity index (χ2v) is 4.55. The molecule has 1 aliphatic rings. The highest BCUT2D eigenvalue weighted by Crippen LogP contribution is 2.32. The van der Waals surface area contributed by atoms with Gasteiger partial charge in [0.05, 0.1) is 0 Å². The standard InChI is InChI=1S/C9H20N2/c1-6-4-7(2)8(10)9(3,11)5-6/h6-8H,4-5,10-11H2,1-3H3. The zero-order valence-electron chi connectivity index (χ0n) is 7.80. The van der Waals surface area contributed by atoms with Crippen molar-refractivity contribution in [2.24, 2.45) is 23.3 Å². The second-order valence-electron chi connectivity index (χ2n) is 4.55. The molecule has 0 amide bonds. The molecule has 66 valence electrons. The zero-order valence-corrected chi connectivity index (χ0v) is 7.80. The van der Waals surface area contributed by atoms with Gasteiger partial charge in [-0.1, -0.05) is 13.8 Å². The Morgan fingerprint density at radius 1 is 1.36 bits per heavy atom. The van der Waals surface area contributed by atoms with Gasteiger partial charge in [0.25, 0.3) is 0 Å². The molecular weight excluding hydrogens is 136 g/mol. The lowest BCUT2D eigenvalue weighted by atomic mass is 9.70. The van der Waals surface area contributed by atoms with E-state index in [1.54, 1.807) is 0 Å². The number of hydrogen-bond acceptors (Lipinski definition) is 2. The monoisotopic (exact) mass is 156 g/mol. The largest absolute Gasteiger partial charge is 0.326 e. The molecule has 1 fully saturated rings. The third-order valence-corrected chi connectivity index (χ3v) is 2.94. The Labute approximate surface area is 69.3 Å². The lowest BCUT2D eigenvalue weighted by Crippen LogP contribution is -2.59. The number of rotatable bonds is 0. The molecule has 2 heteroatoms. The summed E-state index contributed by atoms with van der Waals surface area (Å²) in [6.07, 6.45) is 2.30. The summed E-state index contributed by atoms with van der Waals surface area (Å²) in [4.78, 5) is 0. The van der Waals surface area contributed by atoms with E-state index in [-0.39, 0.29) is 11.6 Å². The highest BCUT2D eigenvalue weighted by atomic mass is 14.9. The first-order valence-electron chi connectivity index (χ1n) is 4.48. The van der Waals surface area contributed by atoms with Gasteiger partial charge in [0.1, 0.15) is 0 Å². The summed E-state index contributed by atoms with van der Waals surface area (Å²) < 4.78 is 0. The van der Waals surface area contributed by atoms with Crippen LogP contribution >= 0.6 is 0 Å². The molecule has 0 aromatic heterocycles. The summed E-state index contributed by atoms with van der Waals surface area (Å²) in [5.74, 6) is 1.31. The van der Waals surface area contributed by atoms with Gasteiger partial charge in [-0.2, -0.15) is 0 Å². The van der Waals surface area contributed by atoms with E-state index in [0.717, 1.165) is 12.3 Å². The number of hydrogen-bond donors (Lipinski definition) is 2. The Kier molecular flexibility index (Phi) is 2.26. The maximum absolute atomic E-state index is 6.08. The van der Waals surface area contributed by atoms with E-state index in [1.807, 2.05) is 0 Å². The summed E-state index contributed by atoms with van der Waals surface area (Å²) in [7, 11) is 0. The first-order chi connectivity index (χ1) is 4.93. The first kappa shape index (κ1) is 9.01. The molecule has 1 aliphatic carbocycles. The molecule has 4 atom stereocenters. The second kappa shape index (κ2) is 2.76. The van der Waals surface area contributed by atoms with Crippen LogP contribution in [0.25, 0.3) is 0 Å². The first-order valence-corrected chi connectivity index (χ1v) is 4.48. The van der Waals surface area contributed by atoms with Crippen molar-refractivity contribution in [3.8, 4) is 0 Å². The predicted octanol–water partition coefficient (Wildman–Crippen LogP) is 1.10. The third kappa shape index (κ3) is 1.74. The van der Waals surface area contributed by atoms with Gasteiger partial charge in [-0.15, -0.1) is 0 Å². The highest BCUT2D eigenvalue weighted by Gasteiger charge is 2.37. The van der Waals surface area contributed by atoms with Crippen LogP contribution in [0.5, 0.6) is 0 Å². The van der Waals surface area contributed by atoms with E-state index >= 15 is 0 Å². The molecule has 0 aromatic rings. The van der Waals surface area contributed by atoms with E-state index in [2.05, 4.69) is 20.8 Å². The molecule has 0 saturated heterocycles. The quantitative estimate of drug-likeness (QED) is 0.552. The zero-order chi connectivity index (χ0) is 8.65. The van der Waals surface area contributed by atoms with Crippen molar-refractivity contribution in [2.45, 2.75) is 45.2 Å². The molecule has 1 saturated carbocycles. The van der Waals surface area contributed by atoms with Crippen LogP contribution in [0.15, 0.2) is 0 Å². The van der Waals surface area contributed by atoms with Gasteiger partial charge in [0.2, 0.25) is 0 Å². The summed E-state index contributed by atoms with van der Waals surface area (Å²) in [6, 6.07) is 0.179. The molecule has 0 bridgehead atoms. The molecule has 0 heterocycles. The maximum atomic E-state index is 6.08. The van der Waals surface area contributed by atoms with Crippen LogP contribution in [0.4, 0.5) is 0 Å². The van der Waals surface area contributed by atoms with Crippen molar-refractivity contribution in [1.82, 2.24) is 0 Å². The summed E-state index contributed by atoms with van der Waals surface area (Å²) in [5, 5.41) is 0. The Hall–Kier alpha value is -0.0800. The van der Waals surface area contributed by atoms with Crippen LogP contribution in [-0.2, 0) is 0 Å². The Balaban J connectivity index is 2.67. The summed E-state index contributed by atoms with van der Waals surface area (Å²) in [6.45, 7) is 6.53. The van der Waals surface area contributed by atoms with Gasteiger partial charge in [0.15, 0.2) is 0 Å². The van der Waals surface area contributed by atoms with Gasteiger partial charge in [-0.25, -0.2) is 0 Å². The Morgan fingerprint density at radius 2 is 1.91 bits per heavy atom. The highest BCUT2D eigenvalue weighted by molar-refractivity contribution is 4.98. The maximum Gasteiger partial charge on any atom is 0.0284 e. The van der Waals surface area contributed by atoms with Gasteiger partial charge >= 0.3 is 0 Å². The van der Waals surface area contributed by atoms with E-state index < -0.39 is 0 Å². The van der Waals surface area contributed by atoms with E-state index in [9.17, 15) is 0 Å². The average Bonchev–Trinajstić information content (AvgIpc) is 1.81. The fourth-order valence-electron chi connectivity index (χ4n) is 2.40. The van der Waals surface area contributed by atoms with E-state index in [1.165, 1.54) is 6.42 Å². The average molecular weight is 156 g/mol. The van der Waals surface area contributed by atoms with Gasteiger partial charge in [-0.3, -0.25) is 0 Å². The fraction of sp³-hybridized carbons (Fsp3) is 1.00. The molecule has 2 nitrogen and oxygen atoms in total. The SMILES string of the molecule is CC1CC(C)C(N)C(C)(N)C1. The Bertz CT molecular complexity index is 142. The van der Waals surface area contributed by atoms with Crippen molar-refractivity contribution in [3.63, 3.8) is 0 Å². The van der Waals surface area contributed by atoms with Crippen LogP contribution in [-0.4, -0.2) is 11.6 Å². The van der Waals surface area contributed by atoms with Gasteiger partial charge in [0, 0.05) is 11.6 Å². The molecule has 0 aliphatic heterocycles. The lowest BCUT2D eigenvalue weighted by Gasteiger charge is -2.43. The topological polar surface area (TPSA) is 52.0 Å². The minimum Gasteiger partial charge on any atom is -0.326 e. The van der Waals surface area contributed by atoms with Crippen molar-refractivity contribution < 1.29 is 0 Å². The van der Waals surface area contributed by atoms with Crippen molar-refractivity contribution >= 4 is 0 Å².